The van der Waals surface area contributed by atoms with E-state index in [1.54, 1.807) is 0 Å². The fourth-order valence-electron chi connectivity index (χ4n) is 3.06. The summed E-state index contributed by atoms with van der Waals surface area (Å²) in [5.41, 5.74) is 0.969. The maximum absolute atomic E-state index is 12.1. The van der Waals surface area contributed by atoms with Gasteiger partial charge in [-0.3, -0.25) is 9.59 Å². The molecule has 0 spiro atoms. The Bertz CT molecular complexity index is 576. The Hall–Kier alpha value is -2.24. The topological polar surface area (TPSA) is 61.9 Å². The van der Waals surface area contributed by atoms with E-state index in [0.29, 0.717) is 32.7 Å². The maximum Gasteiger partial charge on any atom is 0.239 e. The zero-order valence-corrected chi connectivity index (χ0v) is 13.3. The number of amides is 2. The number of anilines is 1. The van der Waals surface area contributed by atoms with Gasteiger partial charge < -0.3 is 19.9 Å². The van der Waals surface area contributed by atoms with E-state index in [0.717, 1.165) is 37.4 Å². The molecule has 2 amide bonds. The number of ether oxygens (including phenoxy) is 1. The highest BCUT2D eigenvalue weighted by molar-refractivity contribution is 5.82. The normalized spacial score (nSPS) is 17.0. The predicted molar refractivity (Wildman–Crippen MR) is 87.6 cm³/mol. The second-order valence-corrected chi connectivity index (χ2v) is 5.93. The third kappa shape index (κ3) is 3.94. The number of carbonyl (C=O) groups is 2. The van der Waals surface area contributed by atoms with E-state index < -0.39 is 0 Å². The van der Waals surface area contributed by atoms with Crippen molar-refractivity contribution in [3.8, 4) is 5.75 Å². The molecule has 1 aromatic carbocycles. The predicted octanol–water partition coefficient (Wildman–Crippen LogP) is 1.01. The Labute approximate surface area is 136 Å². The molecule has 1 saturated heterocycles. The maximum atomic E-state index is 12.1. The van der Waals surface area contributed by atoms with Gasteiger partial charge >= 0.3 is 0 Å². The molecule has 0 aliphatic carbocycles. The molecule has 0 saturated carbocycles. The Morgan fingerprint density at radius 1 is 1.22 bits per heavy atom. The van der Waals surface area contributed by atoms with Crippen molar-refractivity contribution < 1.29 is 14.3 Å². The first kappa shape index (κ1) is 15.6. The smallest absolute Gasteiger partial charge is 0.239 e. The van der Waals surface area contributed by atoms with Crippen molar-refractivity contribution in [2.75, 3.05) is 44.2 Å². The quantitative estimate of drug-likeness (QED) is 0.796. The molecule has 124 valence electrons. The van der Waals surface area contributed by atoms with Gasteiger partial charge in [0.05, 0.1) is 18.8 Å². The molecule has 2 aliphatic heterocycles. The number of rotatable bonds is 6. The molecule has 2 heterocycles. The number of fused-ring (bicyclic) bond motifs is 1. The second kappa shape index (κ2) is 7.35. The van der Waals surface area contributed by atoms with Crippen LogP contribution in [0.1, 0.15) is 19.3 Å². The lowest BCUT2D eigenvalue weighted by Crippen LogP contribution is -2.42. The third-order valence-electron chi connectivity index (χ3n) is 4.26. The van der Waals surface area contributed by atoms with Gasteiger partial charge in [-0.05, 0) is 25.0 Å². The Kier molecular flexibility index (Phi) is 5.00. The summed E-state index contributed by atoms with van der Waals surface area (Å²) in [4.78, 5) is 27.5. The van der Waals surface area contributed by atoms with Crippen molar-refractivity contribution >= 4 is 17.5 Å². The molecule has 0 atom stereocenters. The number of hydrogen-bond donors (Lipinski definition) is 1. The van der Waals surface area contributed by atoms with Crippen LogP contribution in [-0.2, 0) is 9.59 Å². The van der Waals surface area contributed by atoms with Crippen LogP contribution in [0.15, 0.2) is 24.3 Å². The Balaban J connectivity index is 1.41. The molecule has 1 fully saturated rings. The second-order valence-electron chi connectivity index (χ2n) is 5.93. The molecule has 6 heteroatoms. The highest BCUT2D eigenvalue weighted by Crippen LogP contribution is 2.30. The van der Waals surface area contributed by atoms with Crippen molar-refractivity contribution in [2.45, 2.75) is 19.3 Å². The third-order valence-corrected chi connectivity index (χ3v) is 4.26. The molecule has 3 rings (SSSR count). The highest BCUT2D eigenvalue weighted by atomic mass is 16.5. The largest absolute Gasteiger partial charge is 0.490 e. The summed E-state index contributed by atoms with van der Waals surface area (Å²) in [6.07, 6.45) is 2.43. The summed E-state index contributed by atoms with van der Waals surface area (Å²) in [5, 5.41) is 2.94. The van der Waals surface area contributed by atoms with Crippen LogP contribution in [0.2, 0.25) is 0 Å². The average molecular weight is 317 g/mol. The SMILES string of the molecule is O=C(CN1CCOc2ccccc21)NCCCN1CCCC1=O. The van der Waals surface area contributed by atoms with E-state index in [4.69, 9.17) is 4.74 Å². The van der Waals surface area contributed by atoms with Gasteiger partial charge in [0.1, 0.15) is 12.4 Å². The molecule has 2 aliphatic rings. The van der Waals surface area contributed by atoms with Crippen molar-refractivity contribution in [1.29, 1.82) is 0 Å². The summed E-state index contributed by atoms with van der Waals surface area (Å²) >= 11 is 0. The Morgan fingerprint density at radius 2 is 2.09 bits per heavy atom. The van der Waals surface area contributed by atoms with Gasteiger partial charge in [-0.15, -0.1) is 0 Å². The van der Waals surface area contributed by atoms with Crippen LogP contribution < -0.4 is 15.0 Å². The number of benzene rings is 1. The summed E-state index contributed by atoms with van der Waals surface area (Å²) in [7, 11) is 0. The van der Waals surface area contributed by atoms with Gasteiger partial charge in [0.2, 0.25) is 11.8 Å². The van der Waals surface area contributed by atoms with Crippen molar-refractivity contribution in [2.24, 2.45) is 0 Å². The molecule has 0 radical (unpaired) electrons. The van der Waals surface area contributed by atoms with Gasteiger partial charge in [0.15, 0.2) is 0 Å². The fraction of sp³-hybridized carbons (Fsp3) is 0.529. The molecule has 23 heavy (non-hydrogen) atoms. The molecule has 0 unspecified atom stereocenters. The first-order valence-corrected chi connectivity index (χ1v) is 8.25. The lowest BCUT2D eigenvalue weighted by Gasteiger charge is -2.30. The highest BCUT2D eigenvalue weighted by Gasteiger charge is 2.20. The summed E-state index contributed by atoms with van der Waals surface area (Å²) < 4.78 is 5.59. The van der Waals surface area contributed by atoms with Crippen LogP contribution in [-0.4, -0.2) is 56.0 Å². The minimum atomic E-state index is 0.00875. The standard InChI is InChI=1S/C17H23N3O3/c21-16(18-8-4-10-19-9-3-7-17(19)22)13-20-11-12-23-15-6-2-1-5-14(15)20/h1-2,5-6H,3-4,7-13H2,(H,18,21). The summed E-state index contributed by atoms with van der Waals surface area (Å²) in [6, 6.07) is 7.78. The van der Waals surface area contributed by atoms with E-state index in [1.807, 2.05) is 34.1 Å². The number of likely N-dealkylation sites (tertiary alicyclic amines) is 1. The molecular weight excluding hydrogens is 294 g/mol. The zero-order chi connectivity index (χ0) is 16.1. The number of nitrogens with zero attached hydrogens (tertiary/aromatic N) is 2. The molecule has 1 N–H and O–H groups in total. The lowest BCUT2D eigenvalue weighted by molar-refractivity contribution is -0.127. The van der Waals surface area contributed by atoms with Crippen molar-refractivity contribution in [1.82, 2.24) is 10.2 Å². The van der Waals surface area contributed by atoms with Crippen molar-refractivity contribution in [3.05, 3.63) is 24.3 Å². The Morgan fingerprint density at radius 3 is 2.91 bits per heavy atom. The molecule has 0 bridgehead atoms. The number of hydrogen-bond acceptors (Lipinski definition) is 4. The van der Waals surface area contributed by atoms with E-state index in [9.17, 15) is 9.59 Å². The monoisotopic (exact) mass is 317 g/mol. The van der Waals surface area contributed by atoms with Crippen molar-refractivity contribution in [3.63, 3.8) is 0 Å². The number of para-hydroxylation sites is 2. The van der Waals surface area contributed by atoms with Gasteiger partial charge in [-0.2, -0.15) is 0 Å². The summed E-state index contributed by atoms with van der Waals surface area (Å²) in [5.74, 6) is 1.08. The van der Waals surface area contributed by atoms with Gasteiger partial charge in [-0.1, -0.05) is 12.1 Å². The van der Waals surface area contributed by atoms with Gasteiger partial charge in [0, 0.05) is 26.1 Å². The van der Waals surface area contributed by atoms with Crippen LogP contribution in [0.25, 0.3) is 0 Å². The van der Waals surface area contributed by atoms with Crippen LogP contribution in [0.4, 0.5) is 5.69 Å². The lowest BCUT2D eigenvalue weighted by atomic mass is 10.2. The summed E-state index contributed by atoms with van der Waals surface area (Å²) in [6.45, 7) is 3.85. The van der Waals surface area contributed by atoms with Gasteiger partial charge in [-0.25, -0.2) is 0 Å². The van der Waals surface area contributed by atoms with Crippen LogP contribution >= 0.6 is 0 Å². The molecular formula is C17H23N3O3. The van der Waals surface area contributed by atoms with E-state index in [2.05, 4.69) is 5.32 Å². The molecule has 6 nitrogen and oxygen atoms in total. The van der Waals surface area contributed by atoms with E-state index in [1.165, 1.54) is 0 Å². The van der Waals surface area contributed by atoms with Gasteiger partial charge in [0.25, 0.3) is 0 Å². The first-order valence-electron chi connectivity index (χ1n) is 8.25. The van der Waals surface area contributed by atoms with E-state index >= 15 is 0 Å². The molecule has 0 aromatic heterocycles. The minimum Gasteiger partial charge on any atom is -0.490 e. The number of nitrogens with one attached hydrogen (secondary N) is 1. The van der Waals surface area contributed by atoms with E-state index in [-0.39, 0.29) is 11.8 Å². The zero-order valence-electron chi connectivity index (χ0n) is 13.3. The van der Waals surface area contributed by atoms with Crippen LogP contribution in [0, 0.1) is 0 Å². The fourth-order valence-corrected chi connectivity index (χ4v) is 3.06. The minimum absolute atomic E-state index is 0.00875. The first-order chi connectivity index (χ1) is 11.2. The number of carbonyl (C=O) groups excluding carboxylic acids is 2. The average Bonchev–Trinajstić information content (AvgIpc) is 2.97. The van der Waals surface area contributed by atoms with Crippen LogP contribution in [0.5, 0.6) is 5.75 Å². The molecule has 1 aromatic rings. The van der Waals surface area contributed by atoms with Crippen LogP contribution in [0.3, 0.4) is 0 Å².